The lowest BCUT2D eigenvalue weighted by Crippen LogP contribution is -2.32. The van der Waals surface area contributed by atoms with Crippen LogP contribution in [0.2, 0.25) is 0 Å². The van der Waals surface area contributed by atoms with Crippen molar-refractivity contribution < 1.29 is 9.53 Å². The molecule has 5 rings (SSSR count). The summed E-state index contributed by atoms with van der Waals surface area (Å²) in [7, 11) is 0. The minimum Gasteiger partial charge on any atom is -0.383 e. The van der Waals surface area contributed by atoms with E-state index in [4.69, 9.17) is 20.4 Å². The maximum absolute atomic E-state index is 13.1. The first-order chi connectivity index (χ1) is 15.6. The number of amides is 1. The van der Waals surface area contributed by atoms with Crippen molar-refractivity contribution in [2.45, 2.75) is 25.9 Å². The number of para-hydroxylation sites is 2. The zero-order valence-corrected chi connectivity index (χ0v) is 17.8. The van der Waals surface area contributed by atoms with Gasteiger partial charge >= 0.3 is 0 Å². The van der Waals surface area contributed by atoms with Gasteiger partial charge in [-0.2, -0.15) is 9.78 Å². The summed E-state index contributed by atoms with van der Waals surface area (Å²) in [5, 5.41) is 7.51. The molecule has 162 valence electrons. The number of hydrogen-bond donors (Lipinski definition) is 2. The van der Waals surface area contributed by atoms with E-state index in [-0.39, 0.29) is 23.4 Å². The first-order valence-electron chi connectivity index (χ1n) is 10.7. The number of carbonyl (C=O) groups excluding carboxylic acids is 1. The Morgan fingerprint density at radius 2 is 1.97 bits per heavy atom. The fourth-order valence-electron chi connectivity index (χ4n) is 3.94. The van der Waals surface area contributed by atoms with E-state index in [1.54, 1.807) is 6.21 Å². The first-order valence-corrected chi connectivity index (χ1v) is 10.7. The molecule has 32 heavy (non-hydrogen) atoms. The molecule has 0 unspecified atom stereocenters. The highest BCUT2D eigenvalue weighted by Crippen LogP contribution is 2.28. The zero-order chi connectivity index (χ0) is 22.1. The molecule has 0 saturated carbocycles. The number of fused-ring (bicyclic) bond motifs is 2. The van der Waals surface area contributed by atoms with Gasteiger partial charge in [-0.1, -0.05) is 36.4 Å². The minimum absolute atomic E-state index is 0.0273. The van der Waals surface area contributed by atoms with Gasteiger partial charge in [-0.15, -0.1) is 0 Å². The van der Waals surface area contributed by atoms with Gasteiger partial charge in [0.05, 0.1) is 23.4 Å². The number of carbonyl (C=O) groups is 1. The van der Waals surface area contributed by atoms with E-state index in [9.17, 15) is 4.79 Å². The largest absolute Gasteiger partial charge is 0.383 e. The van der Waals surface area contributed by atoms with Crippen LogP contribution in [0.5, 0.6) is 0 Å². The Hall–Kier alpha value is -3.78. The molecule has 1 atom stereocenters. The number of anilines is 1. The van der Waals surface area contributed by atoms with Gasteiger partial charge in [-0.05, 0) is 43.0 Å². The number of nitrogens with one attached hydrogen (secondary N) is 1. The van der Waals surface area contributed by atoms with Crippen molar-refractivity contribution >= 4 is 40.1 Å². The van der Waals surface area contributed by atoms with Gasteiger partial charge in [0.15, 0.2) is 5.65 Å². The molecule has 3 N–H and O–H groups in total. The van der Waals surface area contributed by atoms with Crippen molar-refractivity contribution in [2.24, 2.45) is 5.10 Å². The van der Waals surface area contributed by atoms with Crippen LogP contribution in [0.15, 0.2) is 53.6 Å². The number of benzene rings is 2. The Kier molecular flexibility index (Phi) is 5.28. The highest BCUT2D eigenvalue weighted by atomic mass is 16.5. The fourth-order valence-corrected chi connectivity index (χ4v) is 3.94. The van der Waals surface area contributed by atoms with Gasteiger partial charge in [-0.25, -0.2) is 9.97 Å². The molecule has 8 heteroatoms. The van der Waals surface area contributed by atoms with Gasteiger partial charge in [-0.3, -0.25) is 4.79 Å². The molecule has 1 aliphatic rings. The molecule has 2 aromatic carbocycles. The minimum atomic E-state index is -0.308. The van der Waals surface area contributed by atoms with E-state index in [1.807, 2.05) is 55.5 Å². The number of rotatable bonds is 5. The van der Waals surface area contributed by atoms with Crippen molar-refractivity contribution in [2.75, 3.05) is 18.9 Å². The molecule has 1 aliphatic heterocycles. The van der Waals surface area contributed by atoms with Crippen LogP contribution < -0.4 is 11.1 Å². The number of hydrogen-bond acceptors (Lipinski definition) is 6. The second-order valence-electron chi connectivity index (χ2n) is 7.90. The van der Waals surface area contributed by atoms with Gasteiger partial charge < -0.3 is 15.8 Å². The number of aromatic nitrogens is 3. The Bertz CT molecular complexity index is 1340. The van der Waals surface area contributed by atoms with Gasteiger partial charge in [0.2, 0.25) is 0 Å². The molecule has 1 saturated heterocycles. The molecule has 8 nitrogen and oxygen atoms in total. The Labute approximate surface area is 185 Å². The zero-order valence-electron chi connectivity index (χ0n) is 17.8. The number of nitrogen functional groups attached to an aromatic ring is 1. The fraction of sp³-hybridized carbons (Fsp3) is 0.250. The standard InChI is InChI=1S/C24H24N6O2/c1-15-7-2-3-8-16(15)13-27-30-22(25)20(24(31)26-14-17-9-6-12-32-17)21-23(30)29-19-11-5-4-10-18(19)28-21/h2-5,7-8,10-11,13,17H,6,9,12,14,25H2,1H3,(H,26,31)/b27-13-/t17-/m0/s1. The van der Waals surface area contributed by atoms with E-state index < -0.39 is 0 Å². The first kappa shape index (κ1) is 20.1. The van der Waals surface area contributed by atoms with E-state index >= 15 is 0 Å². The van der Waals surface area contributed by atoms with Crippen LogP contribution in [-0.2, 0) is 4.74 Å². The average molecular weight is 428 g/mol. The van der Waals surface area contributed by atoms with E-state index in [1.165, 1.54) is 4.68 Å². The van der Waals surface area contributed by atoms with E-state index in [0.717, 1.165) is 30.6 Å². The molecule has 3 heterocycles. The SMILES string of the molecule is Cc1ccccc1/C=N\n1c(N)c(C(=O)NC[C@@H]2CCCO2)c2nc3ccccc3nc21. The van der Waals surface area contributed by atoms with Gasteiger partial charge in [0.1, 0.15) is 16.9 Å². The third-order valence-electron chi connectivity index (χ3n) is 5.72. The molecule has 4 aromatic rings. The third-order valence-corrected chi connectivity index (χ3v) is 5.72. The smallest absolute Gasteiger partial charge is 0.257 e. The molecule has 0 bridgehead atoms. The predicted molar refractivity (Wildman–Crippen MR) is 125 cm³/mol. The third kappa shape index (κ3) is 3.69. The summed E-state index contributed by atoms with van der Waals surface area (Å²) >= 11 is 0. The summed E-state index contributed by atoms with van der Waals surface area (Å²) in [4.78, 5) is 22.6. The van der Waals surface area contributed by atoms with Gasteiger partial charge in [0.25, 0.3) is 5.91 Å². The van der Waals surface area contributed by atoms with Crippen molar-refractivity contribution in [1.82, 2.24) is 20.0 Å². The van der Waals surface area contributed by atoms with Crippen molar-refractivity contribution in [3.05, 3.63) is 65.2 Å². The summed E-state index contributed by atoms with van der Waals surface area (Å²) in [5.74, 6) is -0.109. The van der Waals surface area contributed by atoms with Crippen LogP contribution in [-0.4, -0.2) is 46.0 Å². The number of nitrogens with zero attached hydrogens (tertiary/aromatic N) is 4. The molecule has 0 radical (unpaired) electrons. The van der Waals surface area contributed by atoms with Gasteiger partial charge in [0, 0.05) is 13.2 Å². The summed E-state index contributed by atoms with van der Waals surface area (Å²) < 4.78 is 7.10. The van der Waals surface area contributed by atoms with Crippen LogP contribution in [0.3, 0.4) is 0 Å². The maximum atomic E-state index is 13.1. The summed E-state index contributed by atoms with van der Waals surface area (Å²) in [5.41, 5.74) is 11.0. The average Bonchev–Trinajstić information content (AvgIpc) is 3.41. The monoisotopic (exact) mass is 428 g/mol. The molecular weight excluding hydrogens is 404 g/mol. The molecule has 1 amide bonds. The molecule has 2 aromatic heterocycles. The number of aryl methyl sites for hydroxylation is 1. The highest BCUT2D eigenvalue weighted by molar-refractivity contribution is 6.10. The molecule has 0 spiro atoms. The van der Waals surface area contributed by atoms with Crippen LogP contribution in [0.25, 0.3) is 22.2 Å². The predicted octanol–water partition coefficient (Wildman–Crippen LogP) is 3.27. The molecular formula is C24H24N6O2. The van der Waals surface area contributed by atoms with Crippen LogP contribution in [0.1, 0.15) is 34.3 Å². The normalized spacial score (nSPS) is 16.3. The Morgan fingerprint density at radius 1 is 1.22 bits per heavy atom. The van der Waals surface area contributed by atoms with Crippen molar-refractivity contribution in [3.63, 3.8) is 0 Å². The maximum Gasteiger partial charge on any atom is 0.257 e. The van der Waals surface area contributed by atoms with Crippen molar-refractivity contribution in [3.8, 4) is 0 Å². The van der Waals surface area contributed by atoms with Crippen LogP contribution in [0, 0.1) is 6.92 Å². The summed E-state index contributed by atoms with van der Waals surface area (Å²) in [6.07, 6.45) is 3.69. The Morgan fingerprint density at radius 3 is 2.72 bits per heavy atom. The second kappa shape index (κ2) is 8.39. The Balaban J connectivity index is 1.60. The lowest BCUT2D eigenvalue weighted by molar-refractivity contribution is 0.0859. The summed E-state index contributed by atoms with van der Waals surface area (Å²) in [6, 6.07) is 15.4. The highest BCUT2D eigenvalue weighted by Gasteiger charge is 2.25. The quantitative estimate of drug-likeness (QED) is 0.475. The van der Waals surface area contributed by atoms with Crippen molar-refractivity contribution in [1.29, 1.82) is 0 Å². The molecule has 1 fully saturated rings. The van der Waals surface area contributed by atoms with Crippen LogP contribution >= 0.6 is 0 Å². The lowest BCUT2D eigenvalue weighted by Gasteiger charge is -2.10. The summed E-state index contributed by atoms with van der Waals surface area (Å²) in [6.45, 7) is 3.17. The number of ether oxygens (including phenoxy) is 1. The van der Waals surface area contributed by atoms with E-state index in [0.29, 0.717) is 28.7 Å². The van der Waals surface area contributed by atoms with Crippen LogP contribution in [0.4, 0.5) is 5.82 Å². The second-order valence-corrected chi connectivity index (χ2v) is 7.90. The molecule has 0 aliphatic carbocycles. The van der Waals surface area contributed by atoms with E-state index in [2.05, 4.69) is 10.4 Å². The lowest BCUT2D eigenvalue weighted by atomic mass is 10.1. The topological polar surface area (TPSA) is 107 Å². The number of nitrogens with two attached hydrogens (primary N) is 1.